The first-order valence-corrected chi connectivity index (χ1v) is 7.69. The number of ether oxygens (including phenoxy) is 1. The Hall–Kier alpha value is -2.63. The first kappa shape index (κ1) is 17.7. The molecule has 1 heterocycles. The summed E-state index contributed by atoms with van der Waals surface area (Å²) in [7, 11) is 0. The Morgan fingerprint density at radius 3 is 2.42 bits per heavy atom. The summed E-state index contributed by atoms with van der Waals surface area (Å²) in [6.45, 7) is 8.98. The van der Waals surface area contributed by atoms with Crippen molar-refractivity contribution in [2.75, 3.05) is 0 Å². The van der Waals surface area contributed by atoms with Gasteiger partial charge < -0.3 is 4.74 Å². The van der Waals surface area contributed by atoms with Crippen LogP contribution in [0.3, 0.4) is 0 Å². The van der Waals surface area contributed by atoms with Crippen molar-refractivity contribution in [1.82, 2.24) is 15.2 Å². The van der Waals surface area contributed by atoms with Crippen LogP contribution in [-0.4, -0.2) is 32.5 Å². The van der Waals surface area contributed by atoms with E-state index in [4.69, 9.17) is 4.74 Å². The molecule has 0 fully saturated rings. The minimum absolute atomic E-state index is 0.299. The number of aromatic nitrogens is 3. The summed E-state index contributed by atoms with van der Waals surface area (Å²) in [5.41, 5.74) is 2.03. The van der Waals surface area contributed by atoms with Gasteiger partial charge in [0, 0.05) is 11.1 Å². The van der Waals surface area contributed by atoms with Crippen LogP contribution in [-0.2, 0) is 9.53 Å². The lowest BCUT2D eigenvalue weighted by atomic mass is 10.0. The topological polar surface area (TPSA) is 82.0 Å². The van der Waals surface area contributed by atoms with Crippen molar-refractivity contribution < 1.29 is 14.3 Å². The van der Waals surface area contributed by atoms with Crippen molar-refractivity contribution in [3.05, 3.63) is 41.2 Å². The van der Waals surface area contributed by atoms with Crippen LogP contribution >= 0.6 is 0 Å². The van der Waals surface area contributed by atoms with E-state index in [0.29, 0.717) is 17.0 Å². The van der Waals surface area contributed by atoms with E-state index < -0.39 is 11.6 Å². The van der Waals surface area contributed by atoms with Crippen LogP contribution in [0.5, 0.6) is 0 Å². The lowest BCUT2D eigenvalue weighted by molar-refractivity contribution is -0.153. The Morgan fingerprint density at radius 1 is 1.08 bits per heavy atom. The monoisotopic (exact) mass is 327 g/mol. The standard InChI is InChI=1S/C18H21N3O3/c1-11-12(2)20-21-17(19-11)14-8-6-7-13(9-14)15(22)10-16(23)24-18(3,4)5/h6-9H,10H2,1-5H3. The number of ketones is 1. The Kier molecular flexibility index (Phi) is 5.07. The van der Waals surface area contributed by atoms with Crippen molar-refractivity contribution in [3.8, 4) is 11.4 Å². The van der Waals surface area contributed by atoms with E-state index in [2.05, 4.69) is 15.2 Å². The number of rotatable bonds is 4. The van der Waals surface area contributed by atoms with E-state index in [1.54, 1.807) is 45.0 Å². The molecule has 2 rings (SSSR count). The molecule has 0 spiro atoms. The van der Waals surface area contributed by atoms with Crippen molar-refractivity contribution in [3.63, 3.8) is 0 Å². The zero-order chi connectivity index (χ0) is 17.9. The Labute approximate surface area is 141 Å². The molecule has 6 nitrogen and oxygen atoms in total. The Morgan fingerprint density at radius 2 is 1.79 bits per heavy atom. The van der Waals surface area contributed by atoms with Crippen molar-refractivity contribution in [2.24, 2.45) is 0 Å². The summed E-state index contributed by atoms with van der Waals surface area (Å²) in [6, 6.07) is 6.86. The molecule has 1 aromatic heterocycles. The zero-order valence-corrected chi connectivity index (χ0v) is 14.6. The largest absolute Gasteiger partial charge is 0.460 e. The molecule has 0 saturated heterocycles. The quantitative estimate of drug-likeness (QED) is 0.487. The predicted octanol–water partition coefficient (Wildman–Crippen LogP) is 3.07. The molecule has 0 atom stereocenters. The maximum Gasteiger partial charge on any atom is 0.314 e. The van der Waals surface area contributed by atoms with Gasteiger partial charge in [0.25, 0.3) is 0 Å². The van der Waals surface area contributed by atoms with Crippen LogP contribution in [0.15, 0.2) is 24.3 Å². The van der Waals surface area contributed by atoms with Gasteiger partial charge in [0.2, 0.25) is 0 Å². The van der Waals surface area contributed by atoms with Gasteiger partial charge in [-0.1, -0.05) is 18.2 Å². The van der Waals surface area contributed by atoms with Crippen molar-refractivity contribution in [1.29, 1.82) is 0 Å². The number of nitrogens with zero attached hydrogens (tertiary/aromatic N) is 3. The Bertz CT molecular complexity index is 779. The second-order valence-electron chi connectivity index (χ2n) is 6.57. The van der Waals surface area contributed by atoms with Gasteiger partial charge in [0.15, 0.2) is 11.6 Å². The molecule has 0 N–H and O–H groups in total. The highest BCUT2D eigenvalue weighted by Crippen LogP contribution is 2.18. The predicted molar refractivity (Wildman–Crippen MR) is 89.5 cm³/mol. The molecule has 6 heteroatoms. The molecule has 2 aromatic rings. The number of esters is 1. The molecule has 0 aliphatic carbocycles. The molecule has 1 aromatic carbocycles. The van der Waals surface area contributed by atoms with E-state index >= 15 is 0 Å². The van der Waals surface area contributed by atoms with Gasteiger partial charge in [0.1, 0.15) is 12.0 Å². The van der Waals surface area contributed by atoms with E-state index in [0.717, 1.165) is 11.4 Å². The lowest BCUT2D eigenvalue weighted by Gasteiger charge is -2.19. The van der Waals surface area contributed by atoms with Crippen molar-refractivity contribution >= 4 is 11.8 Å². The molecule has 126 valence electrons. The minimum Gasteiger partial charge on any atom is -0.460 e. The Balaban J connectivity index is 2.19. The van der Waals surface area contributed by atoms with Gasteiger partial charge in [-0.25, -0.2) is 4.98 Å². The van der Waals surface area contributed by atoms with Crippen LogP contribution in [0.2, 0.25) is 0 Å². The summed E-state index contributed by atoms with van der Waals surface area (Å²) in [4.78, 5) is 28.5. The highest BCUT2D eigenvalue weighted by molar-refractivity contribution is 6.06. The first-order chi connectivity index (χ1) is 11.2. The van der Waals surface area contributed by atoms with Crippen LogP contribution in [0.4, 0.5) is 0 Å². The third-order valence-electron chi connectivity index (χ3n) is 3.26. The van der Waals surface area contributed by atoms with Crippen LogP contribution in [0, 0.1) is 13.8 Å². The third kappa shape index (κ3) is 4.68. The van der Waals surface area contributed by atoms with Gasteiger partial charge in [-0.3, -0.25) is 9.59 Å². The summed E-state index contributed by atoms with van der Waals surface area (Å²) in [5, 5.41) is 8.10. The summed E-state index contributed by atoms with van der Waals surface area (Å²) >= 11 is 0. The second-order valence-corrected chi connectivity index (χ2v) is 6.57. The molecular formula is C18H21N3O3. The minimum atomic E-state index is -0.613. The SMILES string of the molecule is Cc1nnc(-c2cccc(C(=O)CC(=O)OC(C)(C)C)c2)nc1C. The molecule has 0 saturated carbocycles. The van der Waals surface area contributed by atoms with Crippen LogP contribution in [0.1, 0.15) is 48.9 Å². The van der Waals surface area contributed by atoms with Gasteiger partial charge in [-0.15, -0.1) is 5.10 Å². The normalized spacial score (nSPS) is 11.2. The average Bonchev–Trinajstić information content (AvgIpc) is 2.48. The first-order valence-electron chi connectivity index (χ1n) is 7.69. The van der Waals surface area contributed by atoms with Crippen molar-refractivity contribution in [2.45, 2.75) is 46.6 Å². The maximum atomic E-state index is 12.3. The highest BCUT2D eigenvalue weighted by atomic mass is 16.6. The fourth-order valence-electron chi connectivity index (χ4n) is 2.02. The van der Waals surface area contributed by atoms with E-state index in [1.165, 1.54) is 0 Å². The van der Waals surface area contributed by atoms with E-state index in [-0.39, 0.29) is 12.2 Å². The third-order valence-corrected chi connectivity index (χ3v) is 3.26. The fourth-order valence-corrected chi connectivity index (χ4v) is 2.02. The molecule has 0 radical (unpaired) electrons. The number of hydrogen-bond donors (Lipinski definition) is 0. The fraction of sp³-hybridized carbons (Fsp3) is 0.389. The zero-order valence-electron chi connectivity index (χ0n) is 14.6. The van der Waals surface area contributed by atoms with E-state index in [1.807, 2.05) is 13.8 Å². The van der Waals surface area contributed by atoms with E-state index in [9.17, 15) is 9.59 Å². The summed E-state index contributed by atoms with van der Waals surface area (Å²) < 4.78 is 5.18. The number of carbonyl (C=O) groups is 2. The van der Waals surface area contributed by atoms with Crippen LogP contribution in [0.25, 0.3) is 11.4 Å². The number of Topliss-reactive ketones (excluding diaryl/α,β-unsaturated/α-hetero) is 1. The molecule has 0 unspecified atom stereocenters. The lowest BCUT2D eigenvalue weighted by Crippen LogP contribution is -2.25. The summed E-state index contributed by atoms with van der Waals surface area (Å²) in [5.74, 6) is -0.394. The number of benzene rings is 1. The smallest absolute Gasteiger partial charge is 0.314 e. The number of hydrogen-bond acceptors (Lipinski definition) is 6. The van der Waals surface area contributed by atoms with Gasteiger partial charge in [0.05, 0.1) is 11.4 Å². The molecule has 24 heavy (non-hydrogen) atoms. The van der Waals surface area contributed by atoms with Gasteiger partial charge >= 0.3 is 5.97 Å². The second kappa shape index (κ2) is 6.86. The van der Waals surface area contributed by atoms with Crippen LogP contribution < -0.4 is 0 Å². The summed E-state index contributed by atoms with van der Waals surface area (Å²) in [6.07, 6.45) is -0.299. The van der Waals surface area contributed by atoms with Gasteiger partial charge in [-0.05, 0) is 40.7 Å². The molecule has 0 aliphatic rings. The molecule has 0 bridgehead atoms. The number of carbonyl (C=O) groups excluding carboxylic acids is 2. The molecule has 0 amide bonds. The molecular weight excluding hydrogens is 306 g/mol. The number of aryl methyl sites for hydroxylation is 2. The molecule has 0 aliphatic heterocycles. The highest BCUT2D eigenvalue weighted by Gasteiger charge is 2.20. The maximum absolute atomic E-state index is 12.3. The average molecular weight is 327 g/mol. The van der Waals surface area contributed by atoms with Gasteiger partial charge in [-0.2, -0.15) is 5.10 Å².